The van der Waals surface area contributed by atoms with Gasteiger partial charge >= 0.3 is 0 Å². The van der Waals surface area contributed by atoms with E-state index in [4.69, 9.17) is 0 Å². The number of likely N-dealkylation sites (tertiary alicyclic amines) is 1. The highest BCUT2D eigenvalue weighted by Gasteiger charge is 2.55. The van der Waals surface area contributed by atoms with Crippen molar-refractivity contribution in [2.75, 3.05) is 19.6 Å². The molecule has 2 aromatic rings. The van der Waals surface area contributed by atoms with Crippen LogP contribution in [-0.4, -0.2) is 62.6 Å². The van der Waals surface area contributed by atoms with E-state index in [2.05, 4.69) is 9.88 Å². The van der Waals surface area contributed by atoms with E-state index in [0.717, 1.165) is 31.5 Å². The lowest BCUT2D eigenvalue weighted by Crippen LogP contribution is -2.60. The average molecular weight is 365 g/mol. The minimum absolute atomic E-state index is 0.0684. The zero-order chi connectivity index (χ0) is 18.5. The van der Waals surface area contributed by atoms with Crippen molar-refractivity contribution in [2.45, 2.75) is 30.8 Å². The van der Waals surface area contributed by atoms with E-state index in [1.165, 1.54) is 6.07 Å². The number of fused-ring (bicyclic) bond motifs is 2. The van der Waals surface area contributed by atoms with Gasteiger partial charge in [-0.05, 0) is 61.7 Å². The van der Waals surface area contributed by atoms with Crippen LogP contribution < -0.4 is 0 Å². The smallest absolute Gasteiger partial charge is 0.276 e. The zero-order valence-corrected chi connectivity index (χ0v) is 15.0. The lowest BCUT2D eigenvalue weighted by atomic mass is 9.75. The first-order valence-electron chi connectivity index (χ1n) is 9.61. The molecule has 4 fully saturated rings. The molecule has 6 heteroatoms. The normalized spacial score (nSPS) is 31.7. The molecule has 0 unspecified atom stereocenters. The van der Waals surface area contributed by atoms with Gasteiger partial charge in [0.05, 0.1) is 6.04 Å². The quantitative estimate of drug-likeness (QED) is 0.853. The maximum Gasteiger partial charge on any atom is 0.276 e. The Kier molecular flexibility index (Phi) is 3.82. The predicted octanol–water partition coefficient (Wildman–Crippen LogP) is 2.20. The standard InChI is InChI=1S/C21H23N3O3/c25-15-4-1-3-14(11-15)16-12-24(21(27)18-17(26)5-2-8-22-18)19-13-6-9-23(10-7-13)20(16)19/h1-5,8,11,13,16,19-20,25-26H,6-7,9-10,12H2/t16-,19+,20+/m0/s1. The maximum absolute atomic E-state index is 13.3. The minimum atomic E-state index is -0.195. The summed E-state index contributed by atoms with van der Waals surface area (Å²) in [5, 5.41) is 20.1. The fourth-order valence-corrected chi connectivity index (χ4v) is 5.40. The highest BCUT2D eigenvalue weighted by molar-refractivity contribution is 5.95. The second-order valence-corrected chi connectivity index (χ2v) is 7.88. The Morgan fingerprint density at radius 1 is 1.07 bits per heavy atom. The summed E-state index contributed by atoms with van der Waals surface area (Å²) in [5.74, 6) is 0.630. The third kappa shape index (κ3) is 2.58. The molecule has 140 valence electrons. The number of piperidine rings is 3. The molecule has 5 heterocycles. The molecular formula is C21H23N3O3. The van der Waals surface area contributed by atoms with E-state index in [0.29, 0.717) is 12.5 Å². The van der Waals surface area contributed by atoms with Gasteiger partial charge in [-0.1, -0.05) is 12.1 Å². The number of phenolic OH excluding ortho intramolecular Hbond substituents is 1. The Hall–Kier alpha value is -2.60. The number of hydrogen-bond acceptors (Lipinski definition) is 5. The van der Waals surface area contributed by atoms with Crippen LogP contribution in [0.15, 0.2) is 42.6 Å². The van der Waals surface area contributed by atoms with Crippen molar-refractivity contribution < 1.29 is 15.0 Å². The number of pyridine rings is 1. The van der Waals surface area contributed by atoms with Crippen molar-refractivity contribution in [1.29, 1.82) is 0 Å². The minimum Gasteiger partial charge on any atom is -0.508 e. The summed E-state index contributed by atoms with van der Waals surface area (Å²) in [6.45, 7) is 2.72. The summed E-state index contributed by atoms with van der Waals surface area (Å²) in [4.78, 5) is 21.9. The van der Waals surface area contributed by atoms with E-state index >= 15 is 0 Å². The van der Waals surface area contributed by atoms with Crippen LogP contribution in [0.1, 0.15) is 34.8 Å². The van der Waals surface area contributed by atoms with E-state index in [1.807, 2.05) is 23.1 Å². The molecule has 3 atom stereocenters. The first kappa shape index (κ1) is 16.6. The molecule has 6 rings (SSSR count). The molecule has 1 amide bonds. The first-order chi connectivity index (χ1) is 13.1. The summed E-state index contributed by atoms with van der Waals surface area (Å²) < 4.78 is 0. The lowest BCUT2D eigenvalue weighted by molar-refractivity contribution is -0.00367. The summed E-state index contributed by atoms with van der Waals surface area (Å²) >= 11 is 0. The van der Waals surface area contributed by atoms with Gasteiger partial charge in [0.25, 0.3) is 5.91 Å². The highest BCUT2D eigenvalue weighted by Crippen LogP contribution is 2.47. The van der Waals surface area contributed by atoms with Crippen molar-refractivity contribution in [3.8, 4) is 11.5 Å². The van der Waals surface area contributed by atoms with Crippen molar-refractivity contribution in [3.05, 3.63) is 53.9 Å². The topological polar surface area (TPSA) is 76.9 Å². The van der Waals surface area contributed by atoms with Gasteiger partial charge in [-0.2, -0.15) is 0 Å². The molecule has 0 saturated carbocycles. The molecular weight excluding hydrogens is 342 g/mol. The van der Waals surface area contributed by atoms with Gasteiger partial charge in [0, 0.05) is 24.7 Å². The van der Waals surface area contributed by atoms with Crippen molar-refractivity contribution >= 4 is 5.91 Å². The molecule has 4 saturated heterocycles. The molecule has 6 nitrogen and oxygen atoms in total. The van der Waals surface area contributed by atoms with Crippen molar-refractivity contribution in [2.24, 2.45) is 5.92 Å². The largest absolute Gasteiger partial charge is 0.508 e. The van der Waals surface area contributed by atoms with Crippen LogP contribution in [0.2, 0.25) is 0 Å². The highest BCUT2D eigenvalue weighted by atomic mass is 16.3. The van der Waals surface area contributed by atoms with Crippen molar-refractivity contribution in [1.82, 2.24) is 14.8 Å². The molecule has 0 spiro atoms. The van der Waals surface area contributed by atoms with Gasteiger partial charge in [0.2, 0.25) is 0 Å². The van der Waals surface area contributed by atoms with Crippen molar-refractivity contribution in [3.63, 3.8) is 0 Å². The first-order valence-corrected chi connectivity index (χ1v) is 9.61. The molecule has 1 aromatic heterocycles. The summed E-state index contributed by atoms with van der Waals surface area (Å²) in [6.07, 6.45) is 3.75. The van der Waals surface area contributed by atoms with Crippen LogP contribution in [-0.2, 0) is 0 Å². The third-order valence-corrected chi connectivity index (χ3v) is 6.54. The van der Waals surface area contributed by atoms with Gasteiger partial charge in [-0.25, -0.2) is 4.98 Å². The predicted molar refractivity (Wildman–Crippen MR) is 99.7 cm³/mol. The number of phenols is 1. The number of amides is 1. The SMILES string of the molecule is O=C(c1ncccc1O)N1C[C@@H](c2cccc(O)c2)[C@@H]2[C@H]1C1CCN2CC1. The second-order valence-electron chi connectivity index (χ2n) is 7.88. The van der Waals surface area contributed by atoms with Crippen LogP contribution in [0, 0.1) is 5.92 Å². The number of carbonyl (C=O) groups excluding carboxylic acids is 1. The molecule has 1 aromatic carbocycles. The average Bonchev–Trinajstić information content (AvgIpc) is 3.12. The fraction of sp³-hybridized carbons (Fsp3) is 0.429. The molecule has 2 N–H and O–H groups in total. The number of nitrogens with zero attached hydrogens (tertiary/aromatic N) is 3. The Labute approximate surface area is 158 Å². The van der Waals surface area contributed by atoms with Crippen LogP contribution in [0.25, 0.3) is 0 Å². The Morgan fingerprint density at radius 3 is 2.63 bits per heavy atom. The van der Waals surface area contributed by atoms with Gasteiger partial charge < -0.3 is 15.1 Å². The van der Waals surface area contributed by atoms with Crippen LogP contribution >= 0.6 is 0 Å². The molecule has 2 bridgehead atoms. The van der Waals surface area contributed by atoms with Gasteiger partial charge in [-0.3, -0.25) is 9.69 Å². The molecule has 4 aliphatic heterocycles. The number of aromatic hydroxyl groups is 2. The maximum atomic E-state index is 13.3. The summed E-state index contributed by atoms with van der Waals surface area (Å²) in [7, 11) is 0. The summed E-state index contributed by atoms with van der Waals surface area (Å²) in [5.41, 5.74) is 1.20. The Bertz CT molecular complexity index is 878. The van der Waals surface area contributed by atoms with E-state index in [-0.39, 0.29) is 41.1 Å². The van der Waals surface area contributed by atoms with E-state index in [9.17, 15) is 15.0 Å². The third-order valence-electron chi connectivity index (χ3n) is 6.54. The molecule has 0 radical (unpaired) electrons. The second kappa shape index (κ2) is 6.23. The van der Waals surface area contributed by atoms with E-state index in [1.54, 1.807) is 18.3 Å². The molecule has 27 heavy (non-hydrogen) atoms. The number of aromatic nitrogens is 1. The van der Waals surface area contributed by atoms with Gasteiger partial charge in [-0.15, -0.1) is 0 Å². The summed E-state index contributed by atoms with van der Waals surface area (Å²) in [6, 6.07) is 10.9. The monoisotopic (exact) mass is 365 g/mol. The van der Waals surface area contributed by atoms with Gasteiger partial charge in [0.1, 0.15) is 11.5 Å². The number of carbonyl (C=O) groups is 1. The van der Waals surface area contributed by atoms with Crippen LogP contribution in [0.3, 0.4) is 0 Å². The molecule has 0 aliphatic carbocycles. The molecule has 4 aliphatic rings. The fourth-order valence-electron chi connectivity index (χ4n) is 5.40. The van der Waals surface area contributed by atoms with Gasteiger partial charge in [0.15, 0.2) is 5.69 Å². The number of rotatable bonds is 2. The lowest BCUT2D eigenvalue weighted by Gasteiger charge is -2.51. The number of hydrogen-bond donors (Lipinski definition) is 2. The van der Waals surface area contributed by atoms with E-state index < -0.39 is 0 Å². The number of benzene rings is 1. The van der Waals surface area contributed by atoms with Crippen LogP contribution in [0.4, 0.5) is 0 Å². The van der Waals surface area contributed by atoms with Crippen LogP contribution in [0.5, 0.6) is 11.5 Å². The Morgan fingerprint density at radius 2 is 1.89 bits per heavy atom. The zero-order valence-electron chi connectivity index (χ0n) is 15.0. The Balaban J connectivity index is 1.55.